The van der Waals surface area contributed by atoms with Gasteiger partial charge in [0.2, 0.25) is 5.91 Å². The molecule has 9 nitrogen and oxygen atoms in total. The molecule has 0 radical (unpaired) electrons. The summed E-state index contributed by atoms with van der Waals surface area (Å²) in [6.45, 7) is 3.49. The van der Waals surface area contributed by atoms with Crippen LogP contribution in [0, 0.1) is 18.7 Å². The number of hydrogen-bond donors (Lipinski definition) is 3. The van der Waals surface area contributed by atoms with E-state index in [1.54, 1.807) is 37.4 Å². The number of amides is 2. The van der Waals surface area contributed by atoms with E-state index in [-0.39, 0.29) is 33.7 Å². The van der Waals surface area contributed by atoms with E-state index in [0.717, 1.165) is 0 Å². The summed E-state index contributed by atoms with van der Waals surface area (Å²) in [5, 5.41) is 19.7. The number of halogens is 2. The van der Waals surface area contributed by atoms with Gasteiger partial charge in [0, 0.05) is 23.4 Å². The smallest absolute Gasteiger partial charge is 0.335 e. The number of anilines is 1. The van der Waals surface area contributed by atoms with Crippen molar-refractivity contribution in [1.82, 2.24) is 20.1 Å². The lowest BCUT2D eigenvalue weighted by atomic mass is 9.94. The highest BCUT2D eigenvalue weighted by Crippen LogP contribution is 2.33. The van der Waals surface area contributed by atoms with Crippen LogP contribution in [0.3, 0.4) is 0 Å². The number of hydrogen-bond acceptors (Lipinski definition) is 5. The third kappa shape index (κ3) is 5.69. The van der Waals surface area contributed by atoms with Crippen molar-refractivity contribution in [2.75, 3.05) is 5.32 Å². The Hall–Kier alpha value is -4.57. The number of aromatic carboxylic acids is 1. The molecule has 4 aromatic rings. The second kappa shape index (κ2) is 11.5. The average Bonchev–Trinajstić information content (AvgIpc) is 3.34. The lowest BCUT2D eigenvalue weighted by Crippen LogP contribution is -2.30. The molecule has 2 amide bonds. The number of aromatic nitrogens is 3. The van der Waals surface area contributed by atoms with E-state index < -0.39 is 23.7 Å². The van der Waals surface area contributed by atoms with Gasteiger partial charge < -0.3 is 15.7 Å². The van der Waals surface area contributed by atoms with Gasteiger partial charge in [-0.25, -0.2) is 13.9 Å². The molecule has 11 heteroatoms. The van der Waals surface area contributed by atoms with Gasteiger partial charge in [-0.2, -0.15) is 5.10 Å². The van der Waals surface area contributed by atoms with Crippen LogP contribution < -0.4 is 10.6 Å². The van der Waals surface area contributed by atoms with Crippen molar-refractivity contribution in [3.63, 3.8) is 0 Å². The quantitative estimate of drug-likeness (QED) is 0.275. The molecule has 0 saturated heterocycles. The van der Waals surface area contributed by atoms with Crippen molar-refractivity contribution in [3.8, 4) is 16.8 Å². The van der Waals surface area contributed by atoms with E-state index in [1.165, 1.54) is 35.1 Å². The van der Waals surface area contributed by atoms with Gasteiger partial charge in [-0.3, -0.25) is 14.6 Å². The molecule has 0 spiro atoms. The summed E-state index contributed by atoms with van der Waals surface area (Å²) < 4.78 is 16.0. The third-order valence-electron chi connectivity index (χ3n) is 7.27. The molecular formula is C30H27ClFN5O4. The lowest BCUT2D eigenvalue weighted by Gasteiger charge is -2.22. The summed E-state index contributed by atoms with van der Waals surface area (Å²) in [5.41, 5.74) is 3.12. The van der Waals surface area contributed by atoms with Crippen LogP contribution in [-0.4, -0.2) is 37.7 Å². The minimum absolute atomic E-state index is 0.0532. The van der Waals surface area contributed by atoms with E-state index in [2.05, 4.69) is 20.7 Å². The fraction of sp³-hybridized carbons (Fsp3) is 0.233. The maximum absolute atomic E-state index is 14.7. The minimum Gasteiger partial charge on any atom is -0.478 e. The van der Waals surface area contributed by atoms with Crippen molar-refractivity contribution in [2.24, 2.45) is 5.92 Å². The molecule has 210 valence electrons. The van der Waals surface area contributed by atoms with Gasteiger partial charge in [0.05, 0.1) is 39.8 Å². The monoisotopic (exact) mass is 575 g/mol. The van der Waals surface area contributed by atoms with Crippen LogP contribution in [0.2, 0.25) is 5.02 Å². The van der Waals surface area contributed by atoms with Gasteiger partial charge in [-0.15, -0.1) is 0 Å². The summed E-state index contributed by atoms with van der Waals surface area (Å²) in [6, 6.07) is 12.1. The Kier molecular flexibility index (Phi) is 7.85. The molecule has 2 atom stereocenters. The molecule has 41 heavy (non-hydrogen) atoms. The molecule has 0 fully saturated rings. The zero-order valence-electron chi connectivity index (χ0n) is 22.3. The first kappa shape index (κ1) is 28.0. The molecule has 2 unspecified atom stereocenters. The maximum atomic E-state index is 14.7. The van der Waals surface area contributed by atoms with Crippen LogP contribution in [0.5, 0.6) is 0 Å². The minimum atomic E-state index is -1.09. The van der Waals surface area contributed by atoms with Crippen molar-refractivity contribution in [2.45, 2.75) is 39.2 Å². The Labute approximate surface area is 240 Å². The number of carboxylic acids is 1. The summed E-state index contributed by atoms with van der Waals surface area (Å²) in [4.78, 5) is 42.6. The number of benzene rings is 2. The first-order valence-corrected chi connectivity index (χ1v) is 13.5. The van der Waals surface area contributed by atoms with Crippen LogP contribution in [0.1, 0.15) is 64.3 Å². The molecule has 0 aliphatic carbocycles. The van der Waals surface area contributed by atoms with Crippen LogP contribution in [0.4, 0.5) is 10.1 Å². The number of nitrogens with one attached hydrogen (secondary N) is 2. The van der Waals surface area contributed by atoms with Crippen molar-refractivity contribution < 1.29 is 23.9 Å². The number of carbonyl (C=O) groups is 3. The molecular weight excluding hydrogens is 549 g/mol. The Morgan fingerprint density at radius 2 is 1.98 bits per heavy atom. The van der Waals surface area contributed by atoms with Gasteiger partial charge in [0.15, 0.2) is 5.82 Å². The Bertz CT molecular complexity index is 1670. The van der Waals surface area contributed by atoms with Crippen LogP contribution in [-0.2, 0) is 4.79 Å². The van der Waals surface area contributed by atoms with Crippen molar-refractivity contribution in [3.05, 3.63) is 94.3 Å². The van der Waals surface area contributed by atoms with Gasteiger partial charge in [-0.1, -0.05) is 31.0 Å². The highest BCUT2D eigenvalue weighted by atomic mass is 35.5. The van der Waals surface area contributed by atoms with Crippen molar-refractivity contribution in [1.29, 1.82) is 0 Å². The van der Waals surface area contributed by atoms with Crippen LogP contribution in [0.15, 0.2) is 60.9 Å². The standard InChI is InChI=1S/C30H27ClFN5O4/c1-16-5-3-7-24(36-29(39)21-15-34-37(17(21)2)26-8-4-6-22(31)27(26)32)25-14-18(11-12-33-25)20-13-19(30(40)41)9-10-23(20)35-28(16)38/h4,6,8-16,24H,3,5,7H2,1-2H3,(H,35,38)(H,36,39)(H,40,41). The van der Waals surface area contributed by atoms with E-state index in [0.29, 0.717) is 47.5 Å². The van der Waals surface area contributed by atoms with Gasteiger partial charge in [0.25, 0.3) is 5.91 Å². The predicted molar refractivity (Wildman–Crippen MR) is 152 cm³/mol. The molecule has 1 aliphatic heterocycles. The third-order valence-corrected chi connectivity index (χ3v) is 7.56. The van der Waals surface area contributed by atoms with Gasteiger partial charge in [-0.05, 0) is 67.8 Å². The average molecular weight is 576 g/mol. The molecule has 2 bridgehead atoms. The van der Waals surface area contributed by atoms with Gasteiger partial charge in [0.1, 0.15) is 5.69 Å². The zero-order chi connectivity index (χ0) is 29.3. The summed E-state index contributed by atoms with van der Waals surface area (Å²) in [5.74, 6) is -2.65. The normalized spacial score (nSPS) is 17.0. The molecule has 1 aliphatic rings. The highest BCUT2D eigenvalue weighted by Gasteiger charge is 2.25. The number of pyridine rings is 1. The molecule has 2 aromatic heterocycles. The molecule has 5 rings (SSSR count). The van der Waals surface area contributed by atoms with E-state index in [1.807, 2.05) is 6.92 Å². The molecule has 3 N–H and O–H groups in total. The summed E-state index contributed by atoms with van der Waals surface area (Å²) >= 11 is 5.94. The SMILES string of the molecule is Cc1c(C(=O)NC2CCCC(C)C(=O)Nc3ccc(C(=O)O)cc3-c3ccnc2c3)cnn1-c1cccc(Cl)c1F. The van der Waals surface area contributed by atoms with Crippen molar-refractivity contribution >= 4 is 35.1 Å². The van der Waals surface area contributed by atoms with Gasteiger partial charge >= 0.3 is 5.97 Å². The topological polar surface area (TPSA) is 126 Å². The number of fused-ring (bicyclic) bond motifs is 4. The van der Waals surface area contributed by atoms with E-state index in [9.17, 15) is 23.9 Å². The molecule has 2 aromatic carbocycles. The first-order chi connectivity index (χ1) is 19.6. The summed E-state index contributed by atoms with van der Waals surface area (Å²) in [6.07, 6.45) is 4.65. The number of carboxylic acid groups (broad SMARTS) is 1. The number of carbonyl (C=O) groups excluding carboxylic acids is 2. The summed E-state index contributed by atoms with van der Waals surface area (Å²) in [7, 11) is 0. The zero-order valence-corrected chi connectivity index (χ0v) is 23.1. The van der Waals surface area contributed by atoms with Crippen LogP contribution in [0.25, 0.3) is 16.8 Å². The fourth-order valence-electron chi connectivity index (χ4n) is 4.91. The largest absolute Gasteiger partial charge is 0.478 e. The van der Waals surface area contributed by atoms with E-state index in [4.69, 9.17) is 11.6 Å². The predicted octanol–water partition coefficient (Wildman–Crippen LogP) is 5.96. The maximum Gasteiger partial charge on any atom is 0.335 e. The second-order valence-corrected chi connectivity index (χ2v) is 10.4. The van der Waals surface area contributed by atoms with Crippen LogP contribution >= 0.6 is 11.6 Å². The number of rotatable bonds is 4. The lowest BCUT2D eigenvalue weighted by molar-refractivity contribution is -0.119. The first-order valence-electron chi connectivity index (χ1n) is 13.1. The second-order valence-electron chi connectivity index (χ2n) is 10.0. The van der Waals surface area contributed by atoms with E-state index >= 15 is 0 Å². The molecule has 0 saturated carbocycles. The number of nitrogens with zero attached hydrogens (tertiary/aromatic N) is 3. The molecule has 3 heterocycles. The fourth-order valence-corrected chi connectivity index (χ4v) is 5.08. The highest BCUT2D eigenvalue weighted by molar-refractivity contribution is 6.30. The Morgan fingerprint density at radius 3 is 2.76 bits per heavy atom. The Morgan fingerprint density at radius 1 is 1.17 bits per heavy atom. The Balaban J connectivity index is 1.51.